The normalized spacial score (nSPS) is 14.1. The summed E-state index contributed by atoms with van der Waals surface area (Å²) in [6.07, 6.45) is 44.0. The van der Waals surface area contributed by atoms with Crippen LogP contribution in [-0.4, -0.2) is 0 Å². The van der Waals surface area contributed by atoms with E-state index in [1.54, 1.807) is 0 Å². The van der Waals surface area contributed by atoms with Crippen molar-refractivity contribution in [3.05, 3.63) is 0 Å². The van der Waals surface area contributed by atoms with E-state index in [2.05, 4.69) is 34.6 Å². The Morgan fingerprint density at radius 3 is 0.658 bits per heavy atom. The highest BCUT2D eigenvalue weighted by Gasteiger charge is 2.08. The molecule has 0 heterocycles. The molecule has 0 saturated heterocycles. The van der Waals surface area contributed by atoms with Crippen LogP contribution >= 0.6 is 0 Å². The van der Waals surface area contributed by atoms with Crippen molar-refractivity contribution in [2.45, 2.75) is 227 Å². The minimum Gasteiger partial charge on any atom is -0.0654 e. The van der Waals surface area contributed by atoms with Crippen molar-refractivity contribution in [3.63, 3.8) is 0 Å². The third-order valence-corrected chi connectivity index (χ3v) is 9.39. The van der Waals surface area contributed by atoms with E-state index in [-0.39, 0.29) is 0 Å². The largest absolute Gasteiger partial charge is 0.0654 e. The third kappa shape index (κ3) is 30.5. The van der Waals surface area contributed by atoms with Gasteiger partial charge in [-0.2, -0.15) is 0 Å². The van der Waals surface area contributed by atoms with Crippen molar-refractivity contribution in [1.29, 1.82) is 0 Å². The Balaban J connectivity index is 3.34. The average molecular weight is 535 g/mol. The lowest BCUT2D eigenvalue weighted by Gasteiger charge is -2.16. The van der Waals surface area contributed by atoms with Crippen LogP contribution in [0.25, 0.3) is 0 Å². The van der Waals surface area contributed by atoms with Crippen molar-refractivity contribution in [1.82, 2.24) is 0 Å². The molecule has 0 aromatic rings. The molecule has 0 N–H and O–H groups in total. The highest BCUT2D eigenvalue weighted by atomic mass is 14.1. The summed E-state index contributed by atoms with van der Waals surface area (Å²) in [6.45, 7) is 12.1. The molecule has 0 heteroatoms. The topological polar surface area (TPSA) is 0 Å². The van der Waals surface area contributed by atoms with Gasteiger partial charge in [0.25, 0.3) is 0 Å². The van der Waals surface area contributed by atoms with Crippen LogP contribution in [0.15, 0.2) is 0 Å². The van der Waals surface area contributed by atoms with Crippen molar-refractivity contribution >= 4 is 0 Å². The van der Waals surface area contributed by atoms with Crippen molar-refractivity contribution < 1.29 is 0 Å². The lowest BCUT2D eigenvalue weighted by molar-refractivity contribution is 0.373. The Hall–Kier alpha value is 0. The highest BCUT2D eigenvalue weighted by molar-refractivity contribution is 4.61. The molecule has 0 aliphatic carbocycles. The van der Waals surface area contributed by atoms with Gasteiger partial charge < -0.3 is 0 Å². The molecule has 0 aliphatic heterocycles. The number of hydrogen-bond donors (Lipinski definition) is 0. The summed E-state index contributed by atoms with van der Waals surface area (Å²) >= 11 is 0. The summed E-state index contributed by atoms with van der Waals surface area (Å²) in [7, 11) is 0. The summed E-state index contributed by atoms with van der Waals surface area (Å²) < 4.78 is 0. The smallest absolute Gasteiger partial charge is 0.0443 e. The van der Waals surface area contributed by atoms with Gasteiger partial charge in [-0.15, -0.1) is 0 Å². The second-order valence-corrected chi connectivity index (χ2v) is 13.8. The molecule has 0 amide bonds. The molecular weight excluding hydrogens is 456 g/mol. The van der Waals surface area contributed by atoms with Crippen molar-refractivity contribution in [2.75, 3.05) is 0 Å². The van der Waals surface area contributed by atoms with Gasteiger partial charge >= 0.3 is 0 Å². The Morgan fingerprint density at radius 1 is 0.237 bits per heavy atom. The maximum absolute atomic E-state index is 2.51. The minimum atomic E-state index is 0.944. The van der Waals surface area contributed by atoms with Gasteiger partial charge in [0, 0.05) is 0 Å². The van der Waals surface area contributed by atoms with E-state index < -0.39 is 0 Å². The molecule has 3 atom stereocenters. The van der Waals surface area contributed by atoms with Crippen LogP contribution in [0.2, 0.25) is 0 Å². The van der Waals surface area contributed by atoms with E-state index >= 15 is 0 Å². The molecule has 38 heavy (non-hydrogen) atoms. The molecule has 0 fully saturated rings. The quantitative estimate of drug-likeness (QED) is 0.0752. The molecule has 0 radical (unpaired) electrons. The van der Waals surface area contributed by atoms with Gasteiger partial charge in [-0.1, -0.05) is 227 Å². The standard InChI is InChI=1S/C38H78/c1-6-8-10-12-14-15-16-17-18-19-20-21-22-23-25-27-31-37(4)33-29-35-38(5)34-28-32-36(3)30-26-24-13-11-9-7-2/h36-38H,6-35H2,1-5H3/t36-,37+,38-/m1/s1. The Morgan fingerprint density at radius 2 is 0.421 bits per heavy atom. The molecule has 0 unspecified atom stereocenters. The van der Waals surface area contributed by atoms with Gasteiger partial charge in [0.05, 0.1) is 0 Å². The summed E-state index contributed by atoms with van der Waals surface area (Å²) in [4.78, 5) is 0. The van der Waals surface area contributed by atoms with Crippen LogP contribution < -0.4 is 0 Å². The SMILES string of the molecule is CCCCCCCCCCCCCCCCCC[C@H](C)CCC[C@H](C)CCC[C@H](C)CCCCCCCC. The first-order chi connectivity index (χ1) is 18.6. The first-order valence-corrected chi connectivity index (χ1v) is 18.6. The van der Waals surface area contributed by atoms with Crippen molar-refractivity contribution in [2.24, 2.45) is 17.8 Å². The van der Waals surface area contributed by atoms with Crippen molar-refractivity contribution in [3.8, 4) is 0 Å². The third-order valence-electron chi connectivity index (χ3n) is 9.39. The fraction of sp³-hybridized carbons (Fsp3) is 1.00. The van der Waals surface area contributed by atoms with E-state index in [0.29, 0.717) is 0 Å². The number of rotatable bonds is 32. The highest BCUT2D eigenvalue weighted by Crippen LogP contribution is 2.23. The second-order valence-electron chi connectivity index (χ2n) is 13.8. The van der Waals surface area contributed by atoms with Crippen LogP contribution in [-0.2, 0) is 0 Å². The van der Waals surface area contributed by atoms with E-state index in [4.69, 9.17) is 0 Å². The fourth-order valence-corrected chi connectivity index (χ4v) is 6.38. The first-order valence-electron chi connectivity index (χ1n) is 18.6. The van der Waals surface area contributed by atoms with Crippen LogP contribution in [0.1, 0.15) is 227 Å². The first kappa shape index (κ1) is 38.0. The molecule has 230 valence electrons. The molecule has 0 aromatic carbocycles. The molecule has 0 nitrogen and oxygen atoms in total. The van der Waals surface area contributed by atoms with Gasteiger partial charge in [0.1, 0.15) is 0 Å². The predicted octanol–water partition coefficient (Wildman–Crippen LogP) is 14.6. The predicted molar refractivity (Wildman–Crippen MR) is 177 cm³/mol. The molecule has 0 bridgehead atoms. The monoisotopic (exact) mass is 535 g/mol. The zero-order chi connectivity index (χ0) is 27.9. The fourth-order valence-electron chi connectivity index (χ4n) is 6.38. The maximum Gasteiger partial charge on any atom is -0.0443 e. The van der Waals surface area contributed by atoms with E-state index in [9.17, 15) is 0 Å². The molecular formula is C38H78. The van der Waals surface area contributed by atoms with Gasteiger partial charge in [0.15, 0.2) is 0 Å². The van der Waals surface area contributed by atoms with E-state index in [0.717, 1.165) is 17.8 Å². The number of unbranched alkanes of at least 4 members (excludes halogenated alkanes) is 20. The summed E-state index contributed by atoms with van der Waals surface area (Å²) in [5, 5.41) is 0. The summed E-state index contributed by atoms with van der Waals surface area (Å²) in [5.41, 5.74) is 0. The van der Waals surface area contributed by atoms with E-state index in [1.165, 1.54) is 193 Å². The lowest BCUT2D eigenvalue weighted by atomic mass is 9.90. The van der Waals surface area contributed by atoms with Gasteiger partial charge in [-0.25, -0.2) is 0 Å². The second kappa shape index (κ2) is 31.5. The van der Waals surface area contributed by atoms with Crippen LogP contribution in [0.3, 0.4) is 0 Å². The Labute approximate surface area is 244 Å². The van der Waals surface area contributed by atoms with Crippen LogP contribution in [0, 0.1) is 17.8 Å². The molecule has 0 aromatic heterocycles. The molecule has 0 aliphatic rings. The zero-order valence-electron chi connectivity index (χ0n) is 27.9. The minimum absolute atomic E-state index is 0.944. The Kier molecular flexibility index (Phi) is 31.5. The molecule has 0 spiro atoms. The zero-order valence-corrected chi connectivity index (χ0v) is 27.9. The maximum atomic E-state index is 2.51. The Bertz CT molecular complexity index is 412. The number of hydrogen-bond acceptors (Lipinski definition) is 0. The van der Waals surface area contributed by atoms with Crippen LogP contribution in [0.4, 0.5) is 0 Å². The molecule has 0 saturated carbocycles. The van der Waals surface area contributed by atoms with Gasteiger partial charge in [-0.3, -0.25) is 0 Å². The summed E-state index contributed by atoms with van der Waals surface area (Å²) in [5.74, 6) is 2.85. The van der Waals surface area contributed by atoms with Gasteiger partial charge in [-0.05, 0) is 17.8 Å². The summed E-state index contributed by atoms with van der Waals surface area (Å²) in [6, 6.07) is 0. The van der Waals surface area contributed by atoms with Gasteiger partial charge in [0.2, 0.25) is 0 Å². The van der Waals surface area contributed by atoms with Crippen LogP contribution in [0.5, 0.6) is 0 Å². The molecule has 0 rings (SSSR count). The lowest BCUT2D eigenvalue weighted by Crippen LogP contribution is -2.01. The van der Waals surface area contributed by atoms with E-state index in [1.807, 2.05) is 0 Å². The average Bonchev–Trinajstić information content (AvgIpc) is 2.90.